The number of nitrogens with zero attached hydrogens (tertiary/aromatic N) is 2. The maximum Gasteiger partial charge on any atom is 0.343 e. The minimum atomic E-state index is -0.668. The summed E-state index contributed by atoms with van der Waals surface area (Å²) in [5, 5.41) is 21.5. The SMILES string of the molecule is CCCCCCCCCCCCCCCCCCOc1ccc(C=Nc2ccc(C(=O)Oc3ccc(Cl)c(OC(=O)c4ccc(N=Cc5ccc(OCCCCCCCCCCCCCCCCCC)cc5O)cc4)c3)cc2)c(O)c1. The molecule has 0 amide bonds. The number of aromatic hydroxyl groups is 2. The molecule has 0 aromatic heterocycles. The molecule has 2 N–H and O–H groups in total. The summed E-state index contributed by atoms with van der Waals surface area (Å²) < 4.78 is 23.0. The van der Waals surface area contributed by atoms with Crippen LogP contribution in [0, 0.1) is 0 Å². The van der Waals surface area contributed by atoms with E-state index in [0.29, 0.717) is 47.2 Å². The fourth-order valence-electron chi connectivity index (χ4n) is 9.73. The van der Waals surface area contributed by atoms with Crippen molar-refractivity contribution in [2.75, 3.05) is 13.2 Å². The van der Waals surface area contributed by atoms with Crippen molar-refractivity contribution in [2.24, 2.45) is 9.98 Å². The van der Waals surface area contributed by atoms with E-state index < -0.39 is 11.9 Å². The molecule has 11 heteroatoms. The van der Waals surface area contributed by atoms with Crippen molar-refractivity contribution in [1.82, 2.24) is 0 Å². The number of hydrogen-bond acceptors (Lipinski definition) is 10. The van der Waals surface area contributed by atoms with E-state index in [1.54, 1.807) is 85.2 Å². The van der Waals surface area contributed by atoms with Crippen LogP contribution in [0.3, 0.4) is 0 Å². The molecule has 0 heterocycles. The van der Waals surface area contributed by atoms with Crippen LogP contribution in [0.4, 0.5) is 11.4 Å². The van der Waals surface area contributed by atoms with Crippen molar-refractivity contribution >= 4 is 47.3 Å². The number of carbonyl (C=O) groups excluding carboxylic acids is 2. The minimum absolute atomic E-state index is 0.0184. The van der Waals surface area contributed by atoms with E-state index in [1.807, 2.05) is 12.1 Å². The molecule has 0 aliphatic heterocycles. The van der Waals surface area contributed by atoms with Gasteiger partial charge in [0, 0.05) is 41.8 Å². The molecule has 5 aromatic carbocycles. The van der Waals surface area contributed by atoms with Crippen molar-refractivity contribution in [2.45, 2.75) is 219 Å². The third-order valence-corrected chi connectivity index (χ3v) is 15.1. The average molecular weight is 1130 g/mol. The molecular formula is C70H95ClN2O8. The Hall–Kier alpha value is -6.13. The summed E-state index contributed by atoms with van der Waals surface area (Å²) in [4.78, 5) is 35.2. The normalized spacial score (nSPS) is 11.4. The fraction of sp³-hybridized carbons (Fsp3) is 0.514. The molecule has 0 atom stereocenters. The number of hydrogen-bond donors (Lipinski definition) is 2. The molecule has 0 aliphatic rings. The van der Waals surface area contributed by atoms with Crippen molar-refractivity contribution < 1.29 is 38.7 Å². The number of esters is 2. The summed E-state index contributed by atoms with van der Waals surface area (Å²) >= 11 is 6.39. The molecule has 5 rings (SSSR count). The highest BCUT2D eigenvalue weighted by atomic mass is 35.5. The molecule has 0 aliphatic carbocycles. The van der Waals surface area contributed by atoms with Crippen LogP contribution >= 0.6 is 11.6 Å². The Morgan fingerprint density at radius 1 is 0.395 bits per heavy atom. The van der Waals surface area contributed by atoms with Gasteiger partial charge in [0.15, 0.2) is 5.75 Å². The molecular weight excluding hydrogens is 1030 g/mol. The minimum Gasteiger partial charge on any atom is -0.507 e. The van der Waals surface area contributed by atoms with Gasteiger partial charge in [-0.3, -0.25) is 9.98 Å². The Balaban J connectivity index is 0.937. The number of aliphatic imine (C=N–C) groups is 2. The number of carbonyl (C=O) groups is 2. The number of phenolic OH excluding ortho intramolecular Hbond substituents is 2. The van der Waals surface area contributed by atoms with Crippen LogP contribution in [0.5, 0.6) is 34.5 Å². The zero-order valence-electron chi connectivity index (χ0n) is 49.1. The van der Waals surface area contributed by atoms with Gasteiger partial charge in [-0.1, -0.05) is 218 Å². The highest BCUT2D eigenvalue weighted by molar-refractivity contribution is 6.32. The van der Waals surface area contributed by atoms with E-state index in [2.05, 4.69) is 23.8 Å². The van der Waals surface area contributed by atoms with Gasteiger partial charge in [-0.05, 0) is 97.8 Å². The largest absolute Gasteiger partial charge is 0.507 e. The topological polar surface area (TPSA) is 136 Å². The Labute approximate surface area is 491 Å². The number of phenols is 2. The fourth-order valence-corrected chi connectivity index (χ4v) is 9.89. The van der Waals surface area contributed by atoms with Gasteiger partial charge in [-0.15, -0.1) is 0 Å². The summed E-state index contributed by atoms with van der Waals surface area (Å²) in [5.41, 5.74) is 2.73. The highest BCUT2D eigenvalue weighted by Crippen LogP contribution is 2.32. The van der Waals surface area contributed by atoms with Crippen LogP contribution in [0.25, 0.3) is 0 Å². The lowest BCUT2D eigenvalue weighted by Crippen LogP contribution is -2.10. The predicted octanol–water partition coefficient (Wildman–Crippen LogP) is 21.0. The maximum atomic E-state index is 13.2. The summed E-state index contributed by atoms with van der Waals surface area (Å²) in [6.07, 6.45) is 45.5. The molecule has 5 aromatic rings. The second kappa shape index (κ2) is 41.0. The standard InChI is InChI=1S/C70H95ClN2O8/c1-3-5-7-9-11-13-15-17-19-21-23-25-27-29-31-33-49-78-62-45-39-58(66(74)51-62)54-72-60-41-35-56(36-42-60)69(76)80-64-47-48-65(71)68(53-64)81-70(77)57-37-43-61(44-38-57)73-55-59-40-46-63(52-67(59)75)79-50-34-32-30-28-26-24-22-20-18-16-14-12-10-8-6-4-2/h35-48,51-55,74-75H,3-34,49-50H2,1-2H3. The van der Waals surface area contributed by atoms with Gasteiger partial charge in [0.1, 0.15) is 28.7 Å². The van der Waals surface area contributed by atoms with Crippen LogP contribution in [0.2, 0.25) is 5.02 Å². The molecule has 0 fully saturated rings. The van der Waals surface area contributed by atoms with Crippen molar-refractivity contribution in [3.8, 4) is 34.5 Å². The third kappa shape index (κ3) is 27.9. The predicted molar refractivity (Wildman–Crippen MR) is 335 cm³/mol. The van der Waals surface area contributed by atoms with Gasteiger partial charge in [0.05, 0.1) is 40.7 Å². The Kier molecular flexibility index (Phi) is 33.2. The first-order valence-electron chi connectivity index (χ1n) is 31.2. The second-order valence-electron chi connectivity index (χ2n) is 21.7. The number of ether oxygens (including phenoxy) is 4. The lowest BCUT2D eigenvalue weighted by Gasteiger charge is -2.10. The summed E-state index contributed by atoms with van der Waals surface area (Å²) in [6.45, 7) is 5.77. The summed E-state index contributed by atoms with van der Waals surface area (Å²) in [5.74, 6) is 0.214. The van der Waals surface area contributed by atoms with Crippen LogP contribution < -0.4 is 18.9 Å². The van der Waals surface area contributed by atoms with E-state index in [0.717, 1.165) is 25.7 Å². The Morgan fingerprint density at radius 3 is 1.06 bits per heavy atom. The van der Waals surface area contributed by atoms with E-state index in [1.165, 1.54) is 198 Å². The van der Waals surface area contributed by atoms with E-state index in [4.69, 9.17) is 30.5 Å². The van der Waals surface area contributed by atoms with E-state index in [-0.39, 0.29) is 39.1 Å². The van der Waals surface area contributed by atoms with Crippen molar-refractivity contribution in [3.05, 3.63) is 130 Å². The lowest BCUT2D eigenvalue weighted by atomic mass is 10.0. The zero-order chi connectivity index (χ0) is 57.4. The van der Waals surface area contributed by atoms with Crippen LogP contribution in [0.1, 0.15) is 251 Å². The smallest absolute Gasteiger partial charge is 0.343 e. The maximum absolute atomic E-state index is 13.2. The molecule has 0 saturated heterocycles. The third-order valence-electron chi connectivity index (χ3n) is 14.8. The molecule has 0 unspecified atom stereocenters. The zero-order valence-corrected chi connectivity index (χ0v) is 49.9. The number of rotatable bonds is 44. The number of unbranched alkanes of at least 4 members (excludes halogenated alkanes) is 30. The first kappa shape index (κ1) is 65.7. The van der Waals surface area contributed by atoms with Crippen LogP contribution in [-0.2, 0) is 0 Å². The second-order valence-corrected chi connectivity index (χ2v) is 22.1. The van der Waals surface area contributed by atoms with Crippen LogP contribution in [0.15, 0.2) is 113 Å². The van der Waals surface area contributed by atoms with Crippen molar-refractivity contribution in [1.29, 1.82) is 0 Å². The Morgan fingerprint density at radius 2 is 0.716 bits per heavy atom. The highest BCUT2D eigenvalue weighted by Gasteiger charge is 2.16. The molecule has 10 nitrogen and oxygen atoms in total. The van der Waals surface area contributed by atoms with Gasteiger partial charge in [0.2, 0.25) is 0 Å². The van der Waals surface area contributed by atoms with Crippen molar-refractivity contribution in [3.63, 3.8) is 0 Å². The average Bonchev–Trinajstić information content (AvgIpc) is 3.49. The van der Waals surface area contributed by atoms with E-state index >= 15 is 0 Å². The first-order valence-corrected chi connectivity index (χ1v) is 31.5. The molecule has 440 valence electrons. The van der Waals surface area contributed by atoms with Gasteiger partial charge >= 0.3 is 11.9 Å². The van der Waals surface area contributed by atoms with Gasteiger partial charge in [0.25, 0.3) is 0 Å². The quantitative estimate of drug-likeness (QED) is 0.0170. The lowest BCUT2D eigenvalue weighted by molar-refractivity contribution is 0.0732. The van der Waals surface area contributed by atoms with Gasteiger partial charge in [-0.2, -0.15) is 0 Å². The van der Waals surface area contributed by atoms with Gasteiger partial charge < -0.3 is 29.2 Å². The van der Waals surface area contributed by atoms with Gasteiger partial charge in [-0.25, -0.2) is 9.59 Å². The summed E-state index contributed by atoms with van der Waals surface area (Å²) in [7, 11) is 0. The monoisotopic (exact) mass is 1130 g/mol. The van der Waals surface area contributed by atoms with Crippen LogP contribution in [-0.4, -0.2) is 47.8 Å². The molecule has 81 heavy (non-hydrogen) atoms. The summed E-state index contributed by atoms with van der Waals surface area (Å²) in [6, 6.07) is 27.8. The molecule has 0 saturated carbocycles. The molecule has 0 radical (unpaired) electrons. The Bertz CT molecular complexity index is 2580. The first-order chi connectivity index (χ1) is 39.7. The molecule has 0 bridgehead atoms. The molecule has 0 spiro atoms. The number of halogens is 1. The number of benzene rings is 5. The van der Waals surface area contributed by atoms with E-state index in [9.17, 15) is 19.8 Å².